The molecule has 0 aliphatic carbocycles. The van der Waals surface area contributed by atoms with Gasteiger partial charge < -0.3 is 19.9 Å². The Morgan fingerprint density at radius 1 is 1.39 bits per heavy atom. The van der Waals surface area contributed by atoms with Gasteiger partial charge >= 0.3 is 12.5 Å². The van der Waals surface area contributed by atoms with Crippen molar-refractivity contribution < 1.29 is 36.9 Å². The molecule has 8 nitrogen and oxygen atoms in total. The maximum absolute atomic E-state index is 14.0. The highest BCUT2D eigenvalue weighted by Crippen LogP contribution is 2.29. The summed E-state index contributed by atoms with van der Waals surface area (Å²) in [6.45, 7) is 3.41. The molecule has 0 bridgehead atoms. The fourth-order valence-electron chi connectivity index (χ4n) is 3.08. The summed E-state index contributed by atoms with van der Waals surface area (Å²) < 4.78 is 59.5. The number of cyclic esters (lactones) is 1. The molecule has 1 saturated heterocycles. The third kappa shape index (κ3) is 5.32. The van der Waals surface area contributed by atoms with Gasteiger partial charge in [0.05, 0.1) is 12.1 Å². The highest BCUT2D eigenvalue weighted by atomic mass is 19.4. The predicted molar refractivity (Wildman–Crippen MR) is 101 cm³/mol. The van der Waals surface area contributed by atoms with Gasteiger partial charge in [0, 0.05) is 6.20 Å². The van der Waals surface area contributed by atoms with E-state index in [1.807, 2.05) is 0 Å². The summed E-state index contributed by atoms with van der Waals surface area (Å²) in [6.07, 6.45) is -4.67. The first-order chi connectivity index (χ1) is 14.6. The summed E-state index contributed by atoms with van der Waals surface area (Å²) in [4.78, 5) is 21.6. The van der Waals surface area contributed by atoms with Gasteiger partial charge in [0.1, 0.15) is 18.5 Å². The van der Waals surface area contributed by atoms with E-state index in [0.717, 1.165) is 12.1 Å². The van der Waals surface area contributed by atoms with Crippen LogP contribution in [-0.4, -0.2) is 46.3 Å². The van der Waals surface area contributed by atoms with Crippen LogP contribution in [0.15, 0.2) is 30.5 Å². The quantitative estimate of drug-likeness (QED) is 0.628. The maximum Gasteiger partial charge on any atom is 0.573 e. The zero-order chi connectivity index (χ0) is 22.8. The normalized spacial score (nSPS) is 18.5. The molecular formula is C19H20F4N4O4. The van der Waals surface area contributed by atoms with Gasteiger partial charge in [-0.05, 0) is 37.1 Å². The highest BCUT2D eigenvalue weighted by molar-refractivity contribution is 5.89. The van der Waals surface area contributed by atoms with Crippen LogP contribution in [0.5, 0.6) is 5.75 Å². The molecule has 1 amide bonds. The summed E-state index contributed by atoms with van der Waals surface area (Å²) in [5, 5.41) is 13.0. The molecular weight excluding hydrogens is 424 g/mol. The number of amides is 1. The van der Waals surface area contributed by atoms with Crippen LogP contribution in [0.25, 0.3) is 0 Å². The van der Waals surface area contributed by atoms with Crippen molar-refractivity contribution in [2.24, 2.45) is 0 Å². The van der Waals surface area contributed by atoms with Crippen molar-refractivity contribution in [1.29, 1.82) is 0 Å². The molecule has 1 fully saturated rings. The van der Waals surface area contributed by atoms with Crippen LogP contribution in [0.4, 0.5) is 34.1 Å². The largest absolute Gasteiger partial charge is 0.573 e. The number of hydrogen-bond acceptors (Lipinski definition) is 7. The van der Waals surface area contributed by atoms with Gasteiger partial charge in [-0.15, -0.1) is 13.2 Å². The Kier molecular flexibility index (Phi) is 6.48. The Labute approximate surface area is 174 Å². The van der Waals surface area contributed by atoms with Crippen LogP contribution < -0.4 is 15.0 Å². The molecule has 1 aliphatic rings. The summed E-state index contributed by atoms with van der Waals surface area (Å²) in [5.41, 5.74) is 0.320. The van der Waals surface area contributed by atoms with Crippen molar-refractivity contribution in [3.63, 3.8) is 0 Å². The fourth-order valence-corrected chi connectivity index (χ4v) is 3.08. The van der Waals surface area contributed by atoms with Gasteiger partial charge in [-0.2, -0.15) is 4.98 Å². The van der Waals surface area contributed by atoms with E-state index >= 15 is 0 Å². The molecule has 31 heavy (non-hydrogen) atoms. The molecule has 1 aromatic heterocycles. The topological polar surface area (TPSA) is 96.8 Å². The number of aromatic nitrogens is 2. The van der Waals surface area contributed by atoms with E-state index in [-0.39, 0.29) is 18.4 Å². The lowest BCUT2D eigenvalue weighted by Gasteiger charge is -2.24. The van der Waals surface area contributed by atoms with Crippen molar-refractivity contribution in [3.8, 4) is 5.75 Å². The number of rotatable bonds is 7. The molecule has 2 N–H and O–H groups in total. The molecule has 2 heterocycles. The minimum Gasteiger partial charge on any atom is -0.447 e. The zero-order valence-electron chi connectivity index (χ0n) is 16.6. The Morgan fingerprint density at radius 3 is 2.77 bits per heavy atom. The number of carbonyl (C=O) groups is 1. The fraction of sp³-hybridized carbons (Fsp3) is 0.421. The average Bonchev–Trinajstić information content (AvgIpc) is 3.09. The summed E-state index contributed by atoms with van der Waals surface area (Å²) >= 11 is 0. The number of halogens is 4. The minimum absolute atomic E-state index is 0.0165. The summed E-state index contributed by atoms with van der Waals surface area (Å²) in [6, 6.07) is 3.34. The first kappa shape index (κ1) is 22.5. The minimum atomic E-state index is -5.00. The number of ether oxygens (including phenoxy) is 2. The third-order valence-corrected chi connectivity index (χ3v) is 4.68. The van der Waals surface area contributed by atoms with E-state index in [1.165, 1.54) is 23.2 Å². The number of aliphatic hydroxyl groups excluding tert-OH is 1. The number of carbonyl (C=O) groups excluding carboxylic acids is 1. The lowest BCUT2D eigenvalue weighted by molar-refractivity contribution is -0.275. The van der Waals surface area contributed by atoms with Crippen molar-refractivity contribution >= 4 is 17.9 Å². The van der Waals surface area contributed by atoms with Crippen molar-refractivity contribution in [2.75, 3.05) is 16.8 Å². The van der Waals surface area contributed by atoms with Crippen LogP contribution in [0, 0.1) is 5.82 Å². The molecule has 168 valence electrons. The van der Waals surface area contributed by atoms with Gasteiger partial charge in [0.15, 0.2) is 11.6 Å². The smallest absolute Gasteiger partial charge is 0.447 e. The zero-order valence-corrected chi connectivity index (χ0v) is 16.6. The molecule has 3 atom stereocenters. The third-order valence-electron chi connectivity index (χ3n) is 4.68. The van der Waals surface area contributed by atoms with Crippen LogP contribution in [0.1, 0.15) is 31.9 Å². The van der Waals surface area contributed by atoms with Crippen LogP contribution in [0.3, 0.4) is 0 Å². The van der Waals surface area contributed by atoms with Crippen molar-refractivity contribution in [1.82, 2.24) is 9.97 Å². The molecule has 0 unspecified atom stereocenters. The second-order valence-corrected chi connectivity index (χ2v) is 6.83. The lowest BCUT2D eigenvalue weighted by atomic mass is 10.1. The van der Waals surface area contributed by atoms with Crippen LogP contribution in [-0.2, 0) is 4.74 Å². The molecule has 2 aromatic rings. The number of aliphatic hydroxyl groups is 1. The lowest BCUT2D eigenvalue weighted by Crippen LogP contribution is -2.42. The van der Waals surface area contributed by atoms with E-state index in [9.17, 15) is 27.5 Å². The van der Waals surface area contributed by atoms with E-state index in [1.54, 1.807) is 13.8 Å². The number of alkyl halides is 3. The van der Waals surface area contributed by atoms with Crippen molar-refractivity contribution in [2.45, 2.75) is 44.8 Å². The van der Waals surface area contributed by atoms with E-state index in [0.29, 0.717) is 12.0 Å². The predicted octanol–water partition coefficient (Wildman–Crippen LogP) is 3.78. The molecule has 1 aliphatic heterocycles. The SMILES string of the molecule is CC[C@@H](O)[C@H]1COC(=O)N1c1ccnc(N[C@@H](C)c2ccc(OC(F)(F)F)c(F)c2)n1. The van der Waals surface area contributed by atoms with E-state index in [2.05, 4.69) is 20.0 Å². The monoisotopic (exact) mass is 444 g/mol. The maximum atomic E-state index is 14.0. The average molecular weight is 444 g/mol. The molecule has 0 saturated carbocycles. The first-order valence-electron chi connectivity index (χ1n) is 9.38. The van der Waals surface area contributed by atoms with Gasteiger partial charge in [0.25, 0.3) is 0 Å². The van der Waals surface area contributed by atoms with Gasteiger partial charge in [-0.25, -0.2) is 14.2 Å². The van der Waals surface area contributed by atoms with E-state index < -0.39 is 42.2 Å². The second-order valence-electron chi connectivity index (χ2n) is 6.83. The Morgan fingerprint density at radius 2 is 2.13 bits per heavy atom. The first-order valence-corrected chi connectivity index (χ1v) is 9.38. The second kappa shape index (κ2) is 8.92. The van der Waals surface area contributed by atoms with Gasteiger partial charge in [-0.1, -0.05) is 13.0 Å². The van der Waals surface area contributed by atoms with Crippen molar-refractivity contribution in [3.05, 3.63) is 41.8 Å². The number of nitrogens with zero attached hydrogens (tertiary/aromatic N) is 3. The van der Waals surface area contributed by atoms with E-state index in [4.69, 9.17) is 4.74 Å². The number of anilines is 2. The number of benzene rings is 1. The van der Waals surface area contributed by atoms with Gasteiger partial charge in [-0.3, -0.25) is 4.90 Å². The van der Waals surface area contributed by atoms with Gasteiger partial charge in [0.2, 0.25) is 5.95 Å². The Balaban J connectivity index is 1.76. The highest BCUT2D eigenvalue weighted by Gasteiger charge is 2.39. The number of nitrogens with one attached hydrogen (secondary N) is 1. The molecule has 1 aromatic carbocycles. The molecule has 3 rings (SSSR count). The molecule has 12 heteroatoms. The Hall–Kier alpha value is -3.15. The number of hydrogen-bond donors (Lipinski definition) is 2. The van der Waals surface area contributed by atoms with Crippen LogP contribution in [0.2, 0.25) is 0 Å². The Bertz CT molecular complexity index is 943. The summed E-state index contributed by atoms with van der Waals surface area (Å²) in [7, 11) is 0. The summed E-state index contributed by atoms with van der Waals surface area (Å²) in [5.74, 6) is -1.82. The standard InChI is InChI=1S/C19H20F4N4O4/c1-3-14(28)13-9-30-18(29)27(13)16-6-7-24-17(26-16)25-10(2)11-4-5-15(12(20)8-11)31-19(21,22)23/h4-8,10,13-14,28H,3,9H2,1-2H3,(H,24,25,26)/t10-,13+,14+/m0/s1. The molecule has 0 radical (unpaired) electrons. The molecule has 0 spiro atoms. The van der Waals surface area contributed by atoms with Crippen LogP contribution >= 0.6 is 0 Å².